The average Bonchev–Trinajstić information content (AvgIpc) is 2.50. The molecule has 120 valence electrons. The molecule has 0 fully saturated rings. The van der Waals surface area contributed by atoms with E-state index in [4.69, 9.17) is 0 Å². The van der Waals surface area contributed by atoms with Crippen molar-refractivity contribution in [1.82, 2.24) is 5.32 Å². The number of hydrogen-bond acceptors (Lipinski definition) is 2. The number of aryl methyl sites for hydroxylation is 2. The number of rotatable bonds is 5. The molecule has 0 radical (unpaired) electrons. The maximum atomic E-state index is 12.9. The molecule has 0 aliphatic carbocycles. The standard InChI is InChI=1S/C18H18FNO3/c1-11-4-3-5-12(2)15(11)10-16(18(22)23)20-17(21)13-6-8-14(19)9-7-13/h3-9,16H,10H2,1-2H3,(H,20,21)(H,22,23)/t16-/m0/s1. The van der Waals surface area contributed by atoms with Gasteiger partial charge in [-0.25, -0.2) is 9.18 Å². The minimum Gasteiger partial charge on any atom is -0.480 e. The highest BCUT2D eigenvalue weighted by molar-refractivity contribution is 5.96. The van der Waals surface area contributed by atoms with E-state index in [2.05, 4.69) is 5.32 Å². The number of carbonyl (C=O) groups is 2. The summed E-state index contributed by atoms with van der Waals surface area (Å²) in [7, 11) is 0. The van der Waals surface area contributed by atoms with Crippen LogP contribution in [0.5, 0.6) is 0 Å². The number of nitrogens with one attached hydrogen (secondary N) is 1. The lowest BCUT2D eigenvalue weighted by Crippen LogP contribution is -2.42. The molecule has 0 aliphatic rings. The molecule has 1 amide bonds. The lowest BCUT2D eigenvalue weighted by atomic mass is 9.96. The van der Waals surface area contributed by atoms with Gasteiger partial charge in [0.15, 0.2) is 0 Å². The molecule has 0 saturated carbocycles. The average molecular weight is 315 g/mol. The molecule has 0 bridgehead atoms. The van der Waals surface area contributed by atoms with Crippen molar-refractivity contribution in [2.45, 2.75) is 26.3 Å². The number of hydrogen-bond donors (Lipinski definition) is 2. The van der Waals surface area contributed by atoms with Crippen LogP contribution in [0.1, 0.15) is 27.0 Å². The zero-order valence-corrected chi connectivity index (χ0v) is 13.0. The summed E-state index contributed by atoms with van der Waals surface area (Å²) in [5.74, 6) is -2.10. The molecule has 23 heavy (non-hydrogen) atoms. The zero-order valence-electron chi connectivity index (χ0n) is 13.0. The maximum absolute atomic E-state index is 12.9. The molecule has 2 rings (SSSR count). The van der Waals surface area contributed by atoms with Crippen LogP contribution in [0.2, 0.25) is 0 Å². The van der Waals surface area contributed by atoms with Crippen molar-refractivity contribution in [3.8, 4) is 0 Å². The third kappa shape index (κ3) is 4.16. The van der Waals surface area contributed by atoms with Gasteiger partial charge in [-0.15, -0.1) is 0 Å². The molecule has 4 nitrogen and oxygen atoms in total. The summed E-state index contributed by atoms with van der Waals surface area (Å²) < 4.78 is 12.9. The van der Waals surface area contributed by atoms with Gasteiger partial charge in [0.05, 0.1) is 0 Å². The molecular formula is C18H18FNO3. The third-order valence-electron chi connectivity index (χ3n) is 3.76. The van der Waals surface area contributed by atoms with Crippen LogP contribution in [0.15, 0.2) is 42.5 Å². The molecule has 2 aromatic carbocycles. The fraction of sp³-hybridized carbons (Fsp3) is 0.222. The van der Waals surface area contributed by atoms with Crippen molar-refractivity contribution in [1.29, 1.82) is 0 Å². The van der Waals surface area contributed by atoms with Crippen molar-refractivity contribution >= 4 is 11.9 Å². The van der Waals surface area contributed by atoms with E-state index in [1.807, 2.05) is 32.0 Å². The van der Waals surface area contributed by atoms with Gasteiger partial charge in [0, 0.05) is 12.0 Å². The molecule has 0 unspecified atom stereocenters. The fourth-order valence-electron chi connectivity index (χ4n) is 2.42. The molecule has 2 aromatic rings. The molecule has 5 heteroatoms. The van der Waals surface area contributed by atoms with Gasteiger partial charge in [-0.3, -0.25) is 4.79 Å². The Labute approximate surface area is 134 Å². The van der Waals surface area contributed by atoms with Crippen molar-refractivity contribution < 1.29 is 19.1 Å². The Kier molecular flexibility index (Phi) is 5.11. The molecule has 0 aliphatic heterocycles. The van der Waals surface area contributed by atoms with E-state index in [-0.39, 0.29) is 12.0 Å². The number of amides is 1. The van der Waals surface area contributed by atoms with E-state index >= 15 is 0 Å². The highest BCUT2D eigenvalue weighted by atomic mass is 19.1. The van der Waals surface area contributed by atoms with Crippen LogP contribution in [0.3, 0.4) is 0 Å². The van der Waals surface area contributed by atoms with Crippen LogP contribution in [0, 0.1) is 19.7 Å². The van der Waals surface area contributed by atoms with E-state index in [0.29, 0.717) is 0 Å². The van der Waals surface area contributed by atoms with Gasteiger partial charge in [0.25, 0.3) is 5.91 Å². The lowest BCUT2D eigenvalue weighted by molar-refractivity contribution is -0.139. The Balaban J connectivity index is 2.17. The first-order valence-corrected chi connectivity index (χ1v) is 7.23. The first kappa shape index (κ1) is 16.7. The number of benzene rings is 2. The number of halogens is 1. The lowest BCUT2D eigenvalue weighted by Gasteiger charge is -2.17. The van der Waals surface area contributed by atoms with Crippen molar-refractivity contribution in [2.75, 3.05) is 0 Å². The van der Waals surface area contributed by atoms with Crippen LogP contribution in [0.4, 0.5) is 4.39 Å². The highest BCUT2D eigenvalue weighted by Crippen LogP contribution is 2.16. The molecule has 0 heterocycles. The summed E-state index contributed by atoms with van der Waals surface area (Å²) in [5, 5.41) is 11.9. The van der Waals surface area contributed by atoms with Gasteiger partial charge >= 0.3 is 5.97 Å². The SMILES string of the molecule is Cc1cccc(C)c1C[C@H](NC(=O)c1ccc(F)cc1)C(=O)O. The molecule has 0 aromatic heterocycles. The van der Waals surface area contributed by atoms with Gasteiger partial charge in [-0.05, 0) is 54.8 Å². The Bertz CT molecular complexity index is 705. The van der Waals surface area contributed by atoms with Gasteiger partial charge in [0.1, 0.15) is 11.9 Å². The molecule has 2 N–H and O–H groups in total. The Morgan fingerprint density at radius 3 is 2.17 bits per heavy atom. The summed E-state index contributed by atoms with van der Waals surface area (Å²) in [4.78, 5) is 23.6. The summed E-state index contributed by atoms with van der Waals surface area (Å²) >= 11 is 0. The minimum absolute atomic E-state index is 0.195. The van der Waals surface area contributed by atoms with E-state index in [9.17, 15) is 19.1 Å². The predicted molar refractivity (Wildman–Crippen MR) is 84.9 cm³/mol. The second kappa shape index (κ2) is 7.05. The van der Waals surface area contributed by atoms with Gasteiger partial charge < -0.3 is 10.4 Å². The van der Waals surface area contributed by atoms with Gasteiger partial charge in [0.2, 0.25) is 0 Å². The normalized spacial score (nSPS) is 11.8. The quantitative estimate of drug-likeness (QED) is 0.891. The molecular weight excluding hydrogens is 297 g/mol. The van der Waals surface area contributed by atoms with Gasteiger partial charge in [-0.1, -0.05) is 18.2 Å². The number of carbonyl (C=O) groups excluding carboxylic acids is 1. The second-order valence-electron chi connectivity index (χ2n) is 5.45. The van der Waals surface area contributed by atoms with E-state index in [0.717, 1.165) is 28.8 Å². The van der Waals surface area contributed by atoms with Gasteiger partial charge in [-0.2, -0.15) is 0 Å². The second-order valence-corrected chi connectivity index (χ2v) is 5.45. The summed E-state index contributed by atoms with van der Waals surface area (Å²) in [6.07, 6.45) is 0.195. The number of carboxylic acids is 1. The van der Waals surface area contributed by atoms with Crippen LogP contribution in [-0.4, -0.2) is 23.0 Å². The monoisotopic (exact) mass is 315 g/mol. The summed E-state index contributed by atoms with van der Waals surface area (Å²) in [6.45, 7) is 3.81. The van der Waals surface area contributed by atoms with Crippen LogP contribution in [-0.2, 0) is 11.2 Å². The Hall–Kier alpha value is -2.69. The maximum Gasteiger partial charge on any atom is 0.326 e. The van der Waals surface area contributed by atoms with Crippen LogP contribution in [0.25, 0.3) is 0 Å². The van der Waals surface area contributed by atoms with Crippen molar-refractivity contribution in [2.24, 2.45) is 0 Å². The topological polar surface area (TPSA) is 66.4 Å². The number of carboxylic acid groups (broad SMARTS) is 1. The van der Waals surface area contributed by atoms with Crippen molar-refractivity contribution in [3.63, 3.8) is 0 Å². The molecule has 1 atom stereocenters. The Morgan fingerprint density at radius 2 is 1.65 bits per heavy atom. The predicted octanol–water partition coefficient (Wildman–Crippen LogP) is 2.87. The first-order valence-electron chi connectivity index (χ1n) is 7.23. The minimum atomic E-state index is -1.11. The van der Waals surface area contributed by atoms with Crippen LogP contribution >= 0.6 is 0 Å². The van der Waals surface area contributed by atoms with Crippen molar-refractivity contribution in [3.05, 3.63) is 70.5 Å². The first-order chi connectivity index (χ1) is 10.9. The van der Waals surface area contributed by atoms with Crippen LogP contribution < -0.4 is 5.32 Å². The summed E-state index contributed by atoms with van der Waals surface area (Å²) in [5.41, 5.74) is 3.08. The summed E-state index contributed by atoms with van der Waals surface area (Å²) in [6, 6.07) is 9.64. The zero-order chi connectivity index (χ0) is 17.0. The smallest absolute Gasteiger partial charge is 0.326 e. The molecule has 0 spiro atoms. The van der Waals surface area contributed by atoms with E-state index < -0.39 is 23.7 Å². The Morgan fingerprint density at radius 1 is 1.09 bits per heavy atom. The largest absolute Gasteiger partial charge is 0.480 e. The molecule has 0 saturated heterocycles. The van der Waals surface area contributed by atoms with E-state index in [1.54, 1.807) is 0 Å². The van der Waals surface area contributed by atoms with E-state index in [1.165, 1.54) is 12.1 Å². The third-order valence-corrected chi connectivity index (χ3v) is 3.76. The number of aliphatic carboxylic acids is 1. The fourth-order valence-corrected chi connectivity index (χ4v) is 2.42. The highest BCUT2D eigenvalue weighted by Gasteiger charge is 2.22.